The average Bonchev–Trinajstić information content (AvgIpc) is 2.65. The number of aromatic nitrogens is 2. The van der Waals surface area contributed by atoms with E-state index in [0.717, 1.165) is 11.0 Å². The Balaban J connectivity index is 0.000000677. The van der Waals surface area contributed by atoms with Gasteiger partial charge < -0.3 is 0 Å². The Hall–Kier alpha value is 0.0200. The number of carbonyl (C=O) groups excluding carboxylic acids is 2. The standard InChI is InChI=1S/C13H15N3O2.I3/c1-9(17)7-15-11-5-3-4-6-12(11)16(13(15)14)8-10(2)18;1-3-2/h3-6,14H,7-8H2,1-2H3;/q;-1/p+1. The SMILES string of the molecule is CC(=O)Cn1c(N)[n+](CC(C)=O)c2ccccc21.I[I-]I. The Morgan fingerprint density at radius 2 is 1.81 bits per heavy atom. The van der Waals surface area contributed by atoms with Gasteiger partial charge in [0.2, 0.25) is 0 Å². The fraction of sp³-hybridized carbons (Fsp3) is 0.308. The second-order valence-electron chi connectivity index (χ2n) is 4.48. The van der Waals surface area contributed by atoms with E-state index < -0.39 is 0 Å². The molecule has 1 heterocycles. The van der Waals surface area contributed by atoms with E-state index in [-0.39, 0.29) is 24.7 Å². The second-order valence-corrected chi connectivity index (χ2v) is 20.7. The summed E-state index contributed by atoms with van der Waals surface area (Å²) < 4.78 is 3.47. The summed E-state index contributed by atoms with van der Waals surface area (Å²) in [6.45, 7) is 3.47. The first kappa shape index (κ1) is 19.1. The summed E-state index contributed by atoms with van der Waals surface area (Å²) in [5.41, 5.74) is 7.77. The number of rotatable bonds is 4. The molecule has 0 spiro atoms. The van der Waals surface area contributed by atoms with Crippen molar-refractivity contribution in [2.75, 3.05) is 5.73 Å². The van der Waals surface area contributed by atoms with Crippen LogP contribution in [0.15, 0.2) is 24.3 Å². The molecule has 0 aliphatic heterocycles. The molecule has 0 radical (unpaired) electrons. The zero-order valence-electron chi connectivity index (χ0n) is 11.6. The third-order valence-electron chi connectivity index (χ3n) is 2.78. The molecule has 21 heavy (non-hydrogen) atoms. The van der Waals surface area contributed by atoms with Crippen molar-refractivity contribution in [1.82, 2.24) is 4.57 Å². The van der Waals surface area contributed by atoms with Crippen LogP contribution >= 0.6 is 37.2 Å². The normalized spacial score (nSPS) is 10.3. The van der Waals surface area contributed by atoms with Gasteiger partial charge in [-0.2, -0.15) is 0 Å². The van der Waals surface area contributed by atoms with E-state index in [2.05, 4.69) is 37.2 Å². The fourth-order valence-electron chi connectivity index (χ4n) is 2.09. The van der Waals surface area contributed by atoms with Gasteiger partial charge in [-0.05, 0) is 26.0 Å². The molecule has 5 nitrogen and oxygen atoms in total. The van der Waals surface area contributed by atoms with Crippen molar-refractivity contribution >= 4 is 65.8 Å². The first-order valence-corrected chi connectivity index (χ1v) is 18.6. The number of hydrogen-bond donors (Lipinski definition) is 1. The van der Waals surface area contributed by atoms with Gasteiger partial charge in [0, 0.05) is 0 Å². The van der Waals surface area contributed by atoms with Crippen LogP contribution in [0.4, 0.5) is 5.95 Å². The summed E-state index contributed by atoms with van der Waals surface area (Å²) in [5.74, 6) is 0.483. The van der Waals surface area contributed by atoms with Crippen molar-refractivity contribution in [3.63, 3.8) is 0 Å². The Labute approximate surface area is 153 Å². The van der Waals surface area contributed by atoms with E-state index in [0.29, 0.717) is 19.2 Å². The number of nitrogens with zero attached hydrogens (tertiary/aromatic N) is 2. The molecule has 0 aliphatic rings. The van der Waals surface area contributed by atoms with Crippen LogP contribution in [0, 0.1) is 0 Å². The van der Waals surface area contributed by atoms with Gasteiger partial charge in [0.1, 0.15) is 24.1 Å². The zero-order chi connectivity index (χ0) is 16.0. The van der Waals surface area contributed by atoms with Gasteiger partial charge in [-0.25, -0.2) is 9.13 Å². The summed E-state index contributed by atoms with van der Waals surface area (Å²) in [4.78, 5) is 22.6. The van der Waals surface area contributed by atoms with E-state index in [1.165, 1.54) is 13.8 Å². The van der Waals surface area contributed by atoms with E-state index in [1.54, 1.807) is 9.13 Å². The van der Waals surface area contributed by atoms with Crippen LogP contribution in [0.5, 0.6) is 0 Å². The van der Waals surface area contributed by atoms with Crippen molar-refractivity contribution in [1.29, 1.82) is 0 Å². The fourth-order valence-corrected chi connectivity index (χ4v) is 2.09. The predicted octanol–water partition coefficient (Wildman–Crippen LogP) is -0.536. The average molecular weight is 627 g/mol. The molecule has 2 aromatic rings. The van der Waals surface area contributed by atoms with Crippen LogP contribution in [0.1, 0.15) is 13.8 Å². The number of carbonyl (C=O) groups is 2. The number of fused-ring (bicyclic) bond motifs is 1. The maximum absolute atomic E-state index is 11.3. The van der Waals surface area contributed by atoms with Gasteiger partial charge in [0.15, 0.2) is 11.6 Å². The van der Waals surface area contributed by atoms with Crippen LogP contribution in [-0.4, -0.2) is 16.1 Å². The van der Waals surface area contributed by atoms with Crippen molar-refractivity contribution in [3.05, 3.63) is 24.3 Å². The Kier molecular flexibility index (Phi) is 8.38. The molecule has 0 saturated carbocycles. The van der Waals surface area contributed by atoms with Gasteiger partial charge in [-0.1, -0.05) is 12.1 Å². The molecule has 0 saturated heterocycles. The summed E-state index contributed by atoms with van der Waals surface area (Å²) >= 11 is 5.30. The molecule has 2 N–H and O–H groups in total. The number of anilines is 1. The van der Waals surface area contributed by atoms with Gasteiger partial charge >= 0.3 is 56.4 Å². The number of imidazole rings is 1. The number of ketones is 2. The molecule has 8 heteroatoms. The van der Waals surface area contributed by atoms with E-state index in [4.69, 9.17) is 5.73 Å². The molecule has 0 bridgehead atoms. The van der Waals surface area contributed by atoms with Crippen molar-refractivity contribution in [2.45, 2.75) is 26.9 Å². The second kappa shape index (κ2) is 9.22. The molecule has 0 atom stereocenters. The van der Waals surface area contributed by atoms with E-state index in [9.17, 15) is 9.59 Å². The van der Waals surface area contributed by atoms with E-state index >= 15 is 0 Å². The van der Waals surface area contributed by atoms with Crippen molar-refractivity contribution in [2.24, 2.45) is 0 Å². The van der Waals surface area contributed by atoms with Crippen LogP contribution in [0.3, 0.4) is 0 Å². The van der Waals surface area contributed by atoms with Crippen molar-refractivity contribution in [3.8, 4) is 0 Å². The molecular weight excluding hydrogens is 611 g/mol. The molecule has 2 rings (SSSR count). The third-order valence-corrected chi connectivity index (χ3v) is 2.78. The number of Topliss-reactive ketones (excluding diaryl/α,β-unsaturated/α-hetero) is 2. The number of nitrogen functional groups attached to an aromatic ring is 1. The van der Waals surface area contributed by atoms with Crippen LogP contribution in [-0.2, 0) is 22.7 Å². The zero-order valence-corrected chi connectivity index (χ0v) is 18.1. The van der Waals surface area contributed by atoms with Gasteiger partial charge in [-0.15, -0.1) is 0 Å². The number of para-hydroxylation sites is 2. The number of nitrogens with two attached hydrogens (primary N) is 1. The minimum absolute atomic E-state index is 0.0254. The Morgan fingerprint density at radius 3 is 2.33 bits per heavy atom. The Morgan fingerprint density at radius 1 is 1.24 bits per heavy atom. The maximum atomic E-state index is 11.3. The summed E-state index contributed by atoms with van der Waals surface area (Å²) in [6, 6.07) is 7.56. The number of halogens is 3. The molecule has 1 aromatic heterocycles. The molecule has 0 fully saturated rings. The molecule has 0 unspecified atom stereocenters. The van der Waals surface area contributed by atoms with E-state index in [1.807, 2.05) is 24.3 Å². The summed E-state index contributed by atoms with van der Waals surface area (Å²) in [5, 5.41) is 0. The molecule has 0 aliphatic carbocycles. The van der Waals surface area contributed by atoms with Gasteiger partial charge in [0.25, 0.3) is 0 Å². The predicted molar refractivity (Wildman–Crippen MR) is 95.9 cm³/mol. The third kappa shape index (κ3) is 5.30. The number of benzene rings is 1. The molecule has 0 amide bonds. The van der Waals surface area contributed by atoms with Gasteiger partial charge in [0.05, 0.1) is 0 Å². The monoisotopic (exact) mass is 627 g/mol. The van der Waals surface area contributed by atoms with Crippen molar-refractivity contribution < 1.29 is 27.4 Å². The summed E-state index contributed by atoms with van der Waals surface area (Å²) in [6.07, 6.45) is 0. The molecular formula is C13H16I3N3O2. The van der Waals surface area contributed by atoms with Gasteiger partial charge in [-0.3, -0.25) is 15.3 Å². The molecule has 116 valence electrons. The Bertz CT molecular complexity index is 602. The van der Waals surface area contributed by atoms with Crippen LogP contribution < -0.4 is 23.6 Å². The number of hydrogen-bond acceptors (Lipinski definition) is 3. The topological polar surface area (TPSA) is 69.0 Å². The summed E-state index contributed by atoms with van der Waals surface area (Å²) in [7, 11) is 0. The van der Waals surface area contributed by atoms with Crippen LogP contribution in [0.2, 0.25) is 0 Å². The first-order chi connectivity index (χ1) is 9.92. The molecule has 1 aromatic carbocycles. The van der Waals surface area contributed by atoms with Crippen LogP contribution in [0.25, 0.3) is 11.0 Å². The first-order valence-electron chi connectivity index (χ1n) is 6.04. The minimum atomic E-state index is 0.0254. The quantitative estimate of drug-likeness (QED) is 0.367.